The lowest BCUT2D eigenvalue weighted by molar-refractivity contribution is 0.568. The molecule has 31 heavy (non-hydrogen) atoms. The number of nitrogens with zero attached hydrogens (tertiary/aromatic N) is 5. The van der Waals surface area contributed by atoms with Crippen LogP contribution in [0, 0.1) is 0 Å². The Bertz CT molecular complexity index is 1100. The summed E-state index contributed by atoms with van der Waals surface area (Å²) in [5, 5.41) is 13.8. The van der Waals surface area contributed by atoms with E-state index < -0.39 is 0 Å². The first-order chi connectivity index (χ1) is 15.3. The van der Waals surface area contributed by atoms with Gasteiger partial charge in [-0.15, -0.1) is 0 Å². The molecule has 0 saturated carbocycles. The van der Waals surface area contributed by atoms with Gasteiger partial charge in [-0.2, -0.15) is 20.1 Å². The van der Waals surface area contributed by atoms with Crippen molar-refractivity contribution in [2.24, 2.45) is 0 Å². The van der Waals surface area contributed by atoms with Crippen molar-refractivity contribution in [1.29, 1.82) is 0 Å². The van der Waals surface area contributed by atoms with Gasteiger partial charge in [0.2, 0.25) is 17.8 Å². The minimum Gasteiger partial charge on any atom is -0.463 e. The number of benzene rings is 1. The molecule has 0 amide bonds. The number of furan rings is 1. The van der Waals surface area contributed by atoms with Crippen molar-refractivity contribution in [3.63, 3.8) is 0 Å². The van der Waals surface area contributed by atoms with E-state index in [9.17, 15) is 0 Å². The smallest absolute Gasteiger partial charge is 0.235 e. The maximum absolute atomic E-state index is 5.42. The molecule has 1 aliphatic rings. The molecule has 9 heteroatoms. The Hall–Kier alpha value is -3.88. The van der Waals surface area contributed by atoms with Gasteiger partial charge in [0.15, 0.2) is 11.6 Å². The van der Waals surface area contributed by atoms with E-state index in [0.29, 0.717) is 30.2 Å². The summed E-state index contributed by atoms with van der Waals surface area (Å²) in [4.78, 5) is 16.1. The molecule has 0 bridgehead atoms. The van der Waals surface area contributed by atoms with Crippen LogP contribution in [0.4, 0.5) is 23.7 Å². The molecule has 1 fully saturated rings. The third-order valence-corrected chi connectivity index (χ3v) is 5.16. The van der Waals surface area contributed by atoms with Crippen molar-refractivity contribution in [2.45, 2.75) is 25.8 Å². The van der Waals surface area contributed by atoms with Crippen LogP contribution in [0.25, 0.3) is 11.5 Å². The Morgan fingerprint density at radius 3 is 2.58 bits per heavy atom. The van der Waals surface area contributed by atoms with Crippen LogP contribution in [-0.4, -0.2) is 38.2 Å². The summed E-state index contributed by atoms with van der Waals surface area (Å²) >= 11 is 0. The van der Waals surface area contributed by atoms with Gasteiger partial charge in [0.05, 0.1) is 6.26 Å². The lowest BCUT2D eigenvalue weighted by Crippen LogP contribution is -2.31. The molecule has 4 aromatic rings. The minimum atomic E-state index is 0.448. The van der Waals surface area contributed by atoms with Gasteiger partial charge in [-0.1, -0.05) is 30.3 Å². The van der Waals surface area contributed by atoms with E-state index >= 15 is 0 Å². The minimum absolute atomic E-state index is 0.448. The number of aromatic amines is 1. The topological polar surface area (TPSA) is 108 Å². The zero-order chi connectivity index (χ0) is 20.9. The van der Waals surface area contributed by atoms with Crippen LogP contribution in [0.1, 0.15) is 24.8 Å². The van der Waals surface area contributed by atoms with Crippen LogP contribution >= 0.6 is 0 Å². The summed E-state index contributed by atoms with van der Waals surface area (Å²) in [5.41, 5.74) is 1.94. The molecule has 158 valence electrons. The fourth-order valence-electron chi connectivity index (χ4n) is 3.57. The molecule has 0 atom stereocenters. The molecule has 0 spiro atoms. The molecule has 5 rings (SSSR count). The summed E-state index contributed by atoms with van der Waals surface area (Å²) in [6.45, 7) is 2.54. The summed E-state index contributed by atoms with van der Waals surface area (Å²) in [7, 11) is 0. The number of piperidine rings is 1. The third kappa shape index (κ3) is 4.66. The van der Waals surface area contributed by atoms with E-state index in [1.807, 2.05) is 36.4 Å². The molecule has 0 radical (unpaired) electrons. The van der Waals surface area contributed by atoms with Gasteiger partial charge in [-0.05, 0) is 37.0 Å². The second kappa shape index (κ2) is 8.86. The van der Waals surface area contributed by atoms with E-state index in [2.05, 4.69) is 52.8 Å². The number of rotatable bonds is 7. The van der Waals surface area contributed by atoms with E-state index in [0.717, 1.165) is 42.9 Å². The van der Waals surface area contributed by atoms with Gasteiger partial charge in [0.25, 0.3) is 0 Å². The maximum atomic E-state index is 5.42. The molecule has 1 aliphatic heterocycles. The second-order valence-corrected chi connectivity index (χ2v) is 7.44. The van der Waals surface area contributed by atoms with E-state index in [-0.39, 0.29) is 0 Å². The van der Waals surface area contributed by atoms with Crippen LogP contribution in [-0.2, 0) is 6.54 Å². The molecule has 0 aliphatic carbocycles. The molecular weight excluding hydrogens is 392 g/mol. The standard InChI is InChI=1S/C22H24N8O/c1-3-8-16(9-4-1)15-23-20-25-21(27-22(26-20)30-11-5-2-6-12-30)24-19-14-17(28-29-19)18-10-7-13-31-18/h1,3-4,7-10,13-14H,2,5-6,11-12,15H2,(H3,23,24,25,26,27,28,29). The Morgan fingerprint density at radius 2 is 1.77 bits per heavy atom. The van der Waals surface area contributed by atoms with Crippen LogP contribution in [0.3, 0.4) is 0 Å². The third-order valence-electron chi connectivity index (χ3n) is 5.16. The first-order valence-corrected chi connectivity index (χ1v) is 10.5. The first kappa shape index (κ1) is 19.1. The van der Waals surface area contributed by atoms with E-state index in [1.165, 1.54) is 6.42 Å². The molecule has 1 aromatic carbocycles. The highest BCUT2D eigenvalue weighted by Crippen LogP contribution is 2.23. The molecule has 0 unspecified atom stereocenters. The van der Waals surface area contributed by atoms with Crippen LogP contribution in [0.15, 0.2) is 59.2 Å². The number of anilines is 4. The molecule has 9 nitrogen and oxygen atoms in total. The van der Waals surface area contributed by atoms with Crippen LogP contribution in [0.2, 0.25) is 0 Å². The van der Waals surface area contributed by atoms with Crippen LogP contribution in [0.5, 0.6) is 0 Å². The maximum Gasteiger partial charge on any atom is 0.235 e. The first-order valence-electron chi connectivity index (χ1n) is 10.5. The van der Waals surface area contributed by atoms with Gasteiger partial charge < -0.3 is 20.0 Å². The van der Waals surface area contributed by atoms with E-state index in [4.69, 9.17) is 4.42 Å². The molecule has 3 aromatic heterocycles. The number of hydrogen-bond donors (Lipinski definition) is 3. The van der Waals surface area contributed by atoms with Gasteiger partial charge in [-0.3, -0.25) is 5.10 Å². The highest BCUT2D eigenvalue weighted by atomic mass is 16.3. The van der Waals surface area contributed by atoms with E-state index in [1.54, 1.807) is 6.26 Å². The quantitative estimate of drug-likeness (QED) is 0.411. The van der Waals surface area contributed by atoms with Crippen molar-refractivity contribution >= 4 is 23.7 Å². The van der Waals surface area contributed by atoms with Gasteiger partial charge >= 0.3 is 0 Å². The fraction of sp³-hybridized carbons (Fsp3) is 0.273. The zero-order valence-corrected chi connectivity index (χ0v) is 17.1. The van der Waals surface area contributed by atoms with Crippen LogP contribution < -0.4 is 15.5 Å². The monoisotopic (exact) mass is 416 g/mol. The lowest BCUT2D eigenvalue weighted by Gasteiger charge is -2.27. The molecule has 4 heterocycles. The van der Waals surface area contributed by atoms with Gasteiger partial charge in [-0.25, -0.2) is 0 Å². The SMILES string of the molecule is c1ccc(CNc2nc(Nc3cc(-c4ccco4)[nH]n3)nc(N3CCCCC3)n2)cc1. The highest BCUT2D eigenvalue weighted by Gasteiger charge is 2.17. The fourth-order valence-corrected chi connectivity index (χ4v) is 3.57. The predicted molar refractivity (Wildman–Crippen MR) is 119 cm³/mol. The normalized spacial score (nSPS) is 13.9. The van der Waals surface area contributed by atoms with Crippen molar-refractivity contribution in [3.05, 3.63) is 60.4 Å². The average molecular weight is 416 g/mol. The summed E-state index contributed by atoms with van der Waals surface area (Å²) in [6, 6.07) is 15.8. The largest absolute Gasteiger partial charge is 0.463 e. The van der Waals surface area contributed by atoms with Crippen molar-refractivity contribution < 1.29 is 4.42 Å². The summed E-state index contributed by atoms with van der Waals surface area (Å²) in [5.74, 6) is 2.98. The number of aromatic nitrogens is 5. The summed E-state index contributed by atoms with van der Waals surface area (Å²) < 4.78 is 5.42. The second-order valence-electron chi connectivity index (χ2n) is 7.44. The lowest BCUT2D eigenvalue weighted by atomic mass is 10.1. The van der Waals surface area contributed by atoms with Crippen molar-refractivity contribution in [3.8, 4) is 11.5 Å². The molecule has 1 saturated heterocycles. The van der Waals surface area contributed by atoms with Gasteiger partial charge in [0.1, 0.15) is 5.69 Å². The average Bonchev–Trinajstić information content (AvgIpc) is 3.51. The molecule has 3 N–H and O–H groups in total. The van der Waals surface area contributed by atoms with Gasteiger partial charge in [0, 0.05) is 25.7 Å². The predicted octanol–water partition coefficient (Wildman–Crippen LogP) is 4.20. The Kier molecular flexibility index (Phi) is 5.46. The highest BCUT2D eigenvalue weighted by molar-refractivity contribution is 5.60. The Balaban J connectivity index is 1.38. The van der Waals surface area contributed by atoms with Crippen molar-refractivity contribution in [1.82, 2.24) is 25.1 Å². The number of H-pyrrole nitrogens is 1. The Morgan fingerprint density at radius 1 is 0.935 bits per heavy atom. The number of hydrogen-bond acceptors (Lipinski definition) is 8. The zero-order valence-electron chi connectivity index (χ0n) is 17.1. The number of nitrogens with one attached hydrogen (secondary N) is 3. The van der Waals surface area contributed by atoms with Crippen molar-refractivity contribution in [2.75, 3.05) is 28.6 Å². The summed E-state index contributed by atoms with van der Waals surface area (Å²) in [6.07, 6.45) is 5.17. The molecular formula is C22H24N8O. The Labute approximate surface area is 179 Å².